The second-order valence-corrected chi connectivity index (χ2v) is 6.30. The average Bonchev–Trinajstić information content (AvgIpc) is 2.69. The van der Waals surface area contributed by atoms with Crippen LogP contribution in [0, 0.1) is 6.92 Å². The summed E-state index contributed by atoms with van der Waals surface area (Å²) in [4.78, 5) is 11.9. The van der Waals surface area contributed by atoms with E-state index >= 15 is 0 Å². The van der Waals surface area contributed by atoms with E-state index in [0.717, 1.165) is 27.6 Å². The van der Waals surface area contributed by atoms with Gasteiger partial charge in [-0.2, -0.15) is 5.10 Å². The molecule has 0 spiro atoms. The number of hydrogen-bond acceptors (Lipinski definition) is 4. The Labute approximate surface area is 162 Å². The van der Waals surface area contributed by atoms with Gasteiger partial charge in [-0.1, -0.05) is 35.9 Å². The Morgan fingerprint density at radius 3 is 2.67 bits per heavy atom. The third kappa shape index (κ3) is 4.57. The molecule has 0 fully saturated rings. The van der Waals surface area contributed by atoms with Gasteiger partial charge in [-0.3, -0.25) is 4.79 Å². The highest BCUT2D eigenvalue weighted by molar-refractivity contribution is 6.31. The van der Waals surface area contributed by atoms with E-state index < -0.39 is 0 Å². The molecule has 0 saturated heterocycles. The predicted octanol–water partition coefficient (Wildman–Crippen LogP) is 4.34. The zero-order valence-corrected chi connectivity index (χ0v) is 15.8. The van der Waals surface area contributed by atoms with Crippen LogP contribution in [0.4, 0.5) is 0 Å². The third-order valence-electron chi connectivity index (χ3n) is 4.03. The highest BCUT2D eigenvalue weighted by Gasteiger charge is 2.05. The van der Waals surface area contributed by atoms with Crippen molar-refractivity contribution >= 4 is 34.5 Å². The molecule has 0 unspecified atom stereocenters. The molecule has 27 heavy (non-hydrogen) atoms. The Bertz CT molecular complexity index is 1000. The summed E-state index contributed by atoms with van der Waals surface area (Å²) >= 11 is 5.97. The lowest BCUT2D eigenvalue weighted by molar-refractivity contribution is -0.123. The normalized spacial score (nSPS) is 10.9. The van der Waals surface area contributed by atoms with Crippen LogP contribution in [0.15, 0.2) is 59.7 Å². The van der Waals surface area contributed by atoms with Crippen LogP contribution in [0.25, 0.3) is 10.8 Å². The Balaban J connectivity index is 1.62. The standard InChI is InChI=1S/C21H19ClN2O3/c1-14-11-16(8-9-19(14)22)27-13-21(25)24-23-12-15-7-10-20(26-2)18-6-4-3-5-17(15)18/h3-12H,13H2,1-2H3,(H,24,25)/b23-12+. The maximum atomic E-state index is 11.9. The van der Waals surface area contributed by atoms with Gasteiger partial charge in [0.05, 0.1) is 13.3 Å². The lowest BCUT2D eigenvalue weighted by Crippen LogP contribution is -2.24. The molecule has 0 aliphatic heterocycles. The lowest BCUT2D eigenvalue weighted by atomic mass is 10.0. The van der Waals surface area contributed by atoms with Gasteiger partial charge < -0.3 is 9.47 Å². The molecule has 5 nitrogen and oxygen atoms in total. The summed E-state index contributed by atoms with van der Waals surface area (Å²) in [6, 6.07) is 16.8. The molecular formula is C21H19ClN2O3. The number of nitrogens with zero attached hydrogens (tertiary/aromatic N) is 1. The Hall–Kier alpha value is -3.05. The molecule has 3 aromatic carbocycles. The lowest BCUT2D eigenvalue weighted by Gasteiger charge is -2.08. The van der Waals surface area contributed by atoms with Crippen molar-refractivity contribution in [3.05, 3.63) is 70.7 Å². The van der Waals surface area contributed by atoms with Crippen molar-refractivity contribution in [3.8, 4) is 11.5 Å². The van der Waals surface area contributed by atoms with Crippen LogP contribution in [-0.4, -0.2) is 25.8 Å². The third-order valence-corrected chi connectivity index (χ3v) is 4.45. The fourth-order valence-electron chi connectivity index (χ4n) is 2.65. The van der Waals surface area contributed by atoms with Gasteiger partial charge in [-0.05, 0) is 48.2 Å². The van der Waals surface area contributed by atoms with Gasteiger partial charge in [-0.25, -0.2) is 5.43 Å². The number of ether oxygens (including phenoxy) is 2. The number of aryl methyl sites for hydroxylation is 1. The van der Waals surface area contributed by atoms with Crippen LogP contribution in [0.2, 0.25) is 5.02 Å². The Kier molecular flexibility index (Phi) is 5.94. The predicted molar refractivity (Wildman–Crippen MR) is 108 cm³/mol. The number of benzene rings is 3. The van der Waals surface area contributed by atoms with E-state index in [0.29, 0.717) is 10.8 Å². The smallest absolute Gasteiger partial charge is 0.277 e. The van der Waals surface area contributed by atoms with Crippen LogP contribution in [0.3, 0.4) is 0 Å². The van der Waals surface area contributed by atoms with Crippen molar-refractivity contribution < 1.29 is 14.3 Å². The summed E-state index contributed by atoms with van der Waals surface area (Å²) in [6.07, 6.45) is 1.60. The van der Waals surface area contributed by atoms with Crippen molar-refractivity contribution in [2.45, 2.75) is 6.92 Å². The number of carbonyl (C=O) groups excluding carboxylic acids is 1. The molecule has 3 rings (SSSR count). The minimum atomic E-state index is -0.350. The first kappa shape index (κ1) is 18.7. The van der Waals surface area contributed by atoms with E-state index in [1.54, 1.807) is 31.5 Å². The van der Waals surface area contributed by atoms with Gasteiger partial charge in [0.2, 0.25) is 0 Å². The number of hydrogen-bond donors (Lipinski definition) is 1. The summed E-state index contributed by atoms with van der Waals surface area (Å²) in [7, 11) is 1.64. The van der Waals surface area contributed by atoms with Gasteiger partial charge in [0, 0.05) is 16.0 Å². The number of carbonyl (C=O) groups is 1. The molecule has 138 valence electrons. The SMILES string of the molecule is COc1ccc(/C=N/NC(=O)COc2ccc(Cl)c(C)c2)c2ccccc12. The monoisotopic (exact) mass is 382 g/mol. The first-order valence-corrected chi connectivity index (χ1v) is 8.73. The van der Waals surface area contributed by atoms with E-state index in [4.69, 9.17) is 21.1 Å². The van der Waals surface area contributed by atoms with Crippen molar-refractivity contribution in [2.24, 2.45) is 5.10 Å². The molecule has 0 saturated carbocycles. The molecule has 3 aromatic rings. The van der Waals surface area contributed by atoms with Gasteiger partial charge in [0.25, 0.3) is 5.91 Å². The van der Waals surface area contributed by atoms with Crippen molar-refractivity contribution in [1.82, 2.24) is 5.43 Å². The molecule has 0 atom stereocenters. The zero-order valence-electron chi connectivity index (χ0n) is 15.0. The van der Waals surface area contributed by atoms with Crippen LogP contribution in [0.1, 0.15) is 11.1 Å². The van der Waals surface area contributed by atoms with Gasteiger partial charge >= 0.3 is 0 Å². The van der Waals surface area contributed by atoms with Crippen LogP contribution >= 0.6 is 11.6 Å². The minimum Gasteiger partial charge on any atom is -0.496 e. The quantitative estimate of drug-likeness (QED) is 0.509. The largest absolute Gasteiger partial charge is 0.496 e. The second-order valence-electron chi connectivity index (χ2n) is 5.90. The summed E-state index contributed by atoms with van der Waals surface area (Å²) in [5, 5.41) is 6.65. The topological polar surface area (TPSA) is 59.9 Å². The maximum Gasteiger partial charge on any atom is 0.277 e. The van der Waals surface area contributed by atoms with Crippen LogP contribution < -0.4 is 14.9 Å². The summed E-state index contributed by atoms with van der Waals surface area (Å²) in [6.45, 7) is 1.74. The summed E-state index contributed by atoms with van der Waals surface area (Å²) in [5.74, 6) is 1.02. The summed E-state index contributed by atoms with van der Waals surface area (Å²) in [5.41, 5.74) is 4.23. The Morgan fingerprint density at radius 2 is 1.93 bits per heavy atom. The number of methoxy groups -OCH3 is 1. The number of nitrogens with one attached hydrogen (secondary N) is 1. The van der Waals surface area contributed by atoms with E-state index in [-0.39, 0.29) is 12.5 Å². The average molecular weight is 383 g/mol. The highest BCUT2D eigenvalue weighted by atomic mass is 35.5. The number of halogens is 1. The molecule has 0 aliphatic rings. The highest BCUT2D eigenvalue weighted by Crippen LogP contribution is 2.27. The molecule has 6 heteroatoms. The minimum absolute atomic E-state index is 0.137. The number of amides is 1. The molecular weight excluding hydrogens is 364 g/mol. The van der Waals surface area contributed by atoms with Gasteiger partial charge in [-0.15, -0.1) is 0 Å². The van der Waals surface area contributed by atoms with E-state index in [1.165, 1.54) is 0 Å². The number of fused-ring (bicyclic) bond motifs is 1. The molecule has 0 aromatic heterocycles. The first-order valence-electron chi connectivity index (χ1n) is 8.35. The van der Waals surface area contributed by atoms with Crippen LogP contribution in [0.5, 0.6) is 11.5 Å². The fraction of sp³-hybridized carbons (Fsp3) is 0.143. The molecule has 0 radical (unpaired) electrons. The van der Waals surface area contributed by atoms with Crippen molar-refractivity contribution in [3.63, 3.8) is 0 Å². The number of rotatable bonds is 6. The zero-order chi connectivity index (χ0) is 19.2. The second kappa shape index (κ2) is 8.56. The van der Waals surface area contributed by atoms with E-state index in [1.807, 2.05) is 43.3 Å². The van der Waals surface area contributed by atoms with Crippen molar-refractivity contribution in [1.29, 1.82) is 0 Å². The maximum absolute atomic E-state index is 11.9. The molecule has 0 heterocycles. The van der Waals surface area contributed by atoms with Gasteiger partial charge in [0.15, 0.2) is 6.61 Å². The van der Waals surface area contributed by atoms with E-state index in [9.17, 15) is 4.79 Å². The van der Waals surface area contributed by atoms with E-state index in [2.05, 4.69) is 10.5 Å². The molecule has 0 bridgehead atoms. The first-order chi connectivity index (χ1) is 13.1. The van der Waals surface area contributed by atoms with Crippen molar-refractivity contribution in [2.75, 3.05) is 13.7 Å². The summed E-state index contributed by atoms with van der Waals surface area (Å²) < 4.78 is 10.8. The molecule has 0 aliphatic carbocycles. The fourth-order valence-corrected chi connectivity index (χ4v) is 2.76. The van der Waals surface area contributed by atoms with Gasteiger partial charge in [0.1, 0.15) is 11.5 Å². The molecule has 1 amide bonds. The Morgan fingerprint density at radius 1 is 1.15 bits per heavy atom. The van der Waals surface area contributed by atoms with Crippen LogP contribution in [-0.2, 0) is 4.79 Å². The molecule has 1 N–H and O–H groups in total. The number of hydrazone groups is 1.